The van der Waals surface area contributed by atoms with Gasteiger partial charge in [0.05, 0.1) is 6.20 Å². The van der Waals surface area contributed by atoms with Crippen LogP contribution in [0, 0.1) is 18.6 Å². The number of sulfonamides is 1. The zero-order chi connectivity index (χ0) is 24.3. The van der Waals surface area contributed by atoms with Gasteiger partial charge in [-0.05, 0) is 43.2 Å². The molecule has 0 amide bonds. The summed E-state index contributed by atoms with van der Waals surface area (Å²) in [6.45, 7) is 1.75. The third-order valence-corrected chi connectivity index (χ3v) is 5.57. The van der Waals surface area contributed by atoms with E-state index in [2.05, 4.69) is 30.7 Å². The van der Waals surface area contributed by atoms with Gasteiger partial charge in [0.25, 0.3) is 0 Å². The quantitative estimate of drug-likeness (QED) is 0.456. The lowest BCUT2D eigenvalue weighted by Gasteiger charge is -2.13. The van der Waals surface area contributed by atoms with E-state index in [9.17, 15) is 17.2 Å². The molecule has 0 fully saturated rings. The van der Waals surface area contributed by atoms with Gasteiger partial charge >= 0.3 is 0 Å². The van der Waals surface area contributed by atoms with Crippen molar-refractivity contribution < 1.29 is 21.7 Å². The molecule has 0 bridgehead atoms. The summed E-state index contributed by atoms with van der Waals surface area (Å²) in [5.74, 6) is -0.734. The van der Waals surface area contributed by atoms with Crippen LogP contribution in [0.4, 0.5) is 26.2 Å². The molecule has 0 unspecified atom stereocenters. The Morgan fingerprint density at radius 1 is 1.18 bits per heavy atom. The number of rotatable bonds is 7. The Labute approximate surface area is 193 Å². The van der Waals surface area contributed by atoms with Gasteiger partial charge in [0.2, 0.25) is 21.9 Å². The molecule has 13 heteroatoms. The molecular weight excluding hydrogens is 468 g/mol. The number of allylic oxidation sites excluding steroid dienone is 5. The fourth-order valence-electron chi connectivity index (χ4n) is 3.03. The molecule has 0 aliphatic heterocycles. The number of hydrogen-bond acceptors (Lipinski definition) is 9. The summed E-state index contributed by atoms with van der Waals surface area (Å²) < 4.78 is 56.1. The van der Waals surface area contributed by atoms with Crippen LogP contribution in [0.25, 0.3) is 0 Å². The predicted octanol–water partition coefficient (Wildman–Crippen LogP) is 3.26. The highest BCUT2D eigenvalue weighted by molar-refractivity contribution is 7.89. The zero-order valence-electron chi connectivity index (χ0n) is 17.8. The monoisotopic (exact) mass is 487 g/mol. The van der Waals surface area contributed by atoms with Crippen LogP contribution >= 0.6 is 0 Å². The number of hydrogen-bond donors (Lipinski definition) is 3. The van der Waals surface area contributed by atoms with E-state index in [4.69, 9.17) is 9.66 Å². The molecule has 34 heavy (non-hydrogen) atoms. The summed E-state index contributed by atoms with van der Waals surface area (Å²) in [5, 5.41) is 14.3. The lowest BCUT2D eigenvalue weighted by atomic mass is 10.0. The van der Waals surface area contributed by atoms with Crippen molar-refractivity contribution in [2.24, 2.45) is 5.14 Å². The predicted molar refractivity (Wildman–Crippen MR) is 119 cm³/mol. The van der Waals surface area contributed by atoms with E-state index < -0.39 is 26.6 Å². The number of aryl methyl sites for hydroxylation is 1. The first kappa shape index (κ1) is 23.2. The molecule has 10 nitrogen and oxygen atoms in total. The normalized spacial score (nSPS) is 14.8. The summed E-state index contributed by atoms with van der Waals surface area (Å²) in [6, 6.07) is 3.22. The van der Waals surface area contributed by atoms with Gasteiger partial charge in [0, 0.05) is 17.8 Å². The molecule has 0 spiro atoms. The lowest BCUT2D eigenvalue weighted by Crippen LogP contribution is -2.14. The molecule has 1 aliphatic rings. The molecule has 1 aromatic carbocycles. The molecule has 176 valence electrons. The topological polar surface area (TPSA) is 149 Å². The molecule has 2 aromatic heterocycles. The van der Waals surface area contributed by atoms with Crippen molar-refractivity contribution >= 4 is 27.5 Å². The van der Waals surface area contributed by atoms with Gasteiger partial charge in [-0.15, -0.1) is 0 Å². The Bertz CT molecular complexity index is 1430. The van der Waals surface area contributed by atoms with Crippen LogP contribution < -0.4 is 15.8 Å². The summed E-state index contributed by atoms with van der Waals surface area (Å²) in [5.41, 5.74) is 1.80. The zero-order valence-corrected chi connectivity index (χ0v) is 18.6. The van der Waals surface area contributed by atoms with Gasteiger partial charge in [-0.1, -0.05) is 23.4 Å². The molecule has 0 saturated heterocycles. The van der Waals surface area contributed by atoms with Gasteiger partial charge in [-0.25, -0.2) is 27.3 Å². The minimum atomic E-state index is -4.27. The Kier molecular flexibility index (Phi) is 6.47. The third-order valence-electron chi connectivity index (χ3n) is 4.64. The Morgan fingerprint density at radius 2 is 2.00 bits per heavy atom. The smallest absolute Gasteiger partial charge is 0.241 e. The number of aromatic nitrogens is 4. The van der Waals surface area contributed by atoms with Gasteiger partial charge in [-0.3, -0.25) is 0 Å². The molecule has 0 saturated carbocycles. The largest absolute Gasteiger partial charge is 0.339 e. The summed E-state index contributed by atoms with van der Waals surface area (Å²) >= 11 is 0. The number of primary sulfonamides is 1. The summed E-state index contributed by atoms with van der Waals surface area (Å²) in [6.07, 6.45) is 9.50. The van der Waals surface area contributed by atoms with E-state index in [0.717, 1.165) is 23.9 Å². The third kappa shape index (κ3) is 5.68. The van der Waals surface area contributed by atoms with Crippen LogP contribution in [0.5, 0.6) is 0 Å². The Hall–Kier alpha value is -3.97. The van der Waals surface area contributed by atoms with Crippen LogP contribution in [0.3, 0.4) is 0 Å². The van der Waals surface area contributed by atoms with Crippen molar-refractivity contribution in [3.63, 3.8) is 0 Å². The Balaban J connectivity index is 1.44. The van der Waals surface area contributed by atoms with Crippen LogP contribution in [0.1, 0.15) is 18.1 Å². The van der Waals surface area contributed by atoms with E-state index >= 15 is 0 Å². The second-order valence-electron chi connectivity index (χ2n) is 7.25. The molecule has 3 aromatic rings. The average molecular weight is 487 g/mol. The van der Waals surface area contributed by atoms with Crippen LogP contribution in [-0.2, 0) is 16.4 Å². The number of nitrogens with one attached hydrogen (secondary N) is 2. The molecule has 0 radical (unpaired) electrons. The average Bonchev–Trinajstić information content (AvgIpc) is 3.21. The highest BCUT2D eigenvalue weighted by Crippen LogP contribution is 2.23. The highest BCUT2D eigenvalue weighted by atomic mass is 32.2. The molecular formula is C21H19F2N7O3S. The standard InChI is InChI=1S/C21H19F2N7O3S/c1-12-26-19(33-30-12)9-4-13-2-5-14(6-3-13)27-20-17(23)11-25-21(29-20)28-15-7-8-16(22)18(10-15)34(24,31)32/h2,4-8,10-11H,3,9H2,1H3,(H2,24,31,32)(H2,25,27,28,29). The van der Waals surface area contributed by atoms with Gasteiger partial charge in [0.1, 0.15) is 10.7 Å². The Morgan fingerprint density at radius 3 is 2.68 bits per heavy atom. The van der Waals surface area contributed by atoms with Gasteiger partial charge in [0.15, 0.2) is 17.5 Å². The van der Waals surface area contributed by atoms with Crippen LogP contribution in [0.15, 0.2) is 69.4 Å². The van der Waals surface area contributed by atoms with Crippen LogP contribution in [-0.4, -0.2) is 28.5 Å². The van der Waals surface area contributed by atoms with E-state index in [1.165, 1.54) is 6.07 Å². The fraction of sp³-hybridized carbons (Fsp3) is 0.143. The maximum atomic E-state index is 14.3. The van der Waals surface area contributed by atoms with Crippen molar-refractivity contribution in [2.45, 2.75) is 24.7 Å². The van der Waals surface area contributed by atoms with Crippen molar-refractivity contribution in [3.05, 3.63) is 83.3 Å². The first-order chi connectivity index (χ1) is 16.2. The van der Waals surface area contributed by atoms with E-state index in [1.807, 2.05) is 18.2 Å². The van der Waals surface area contributed by atoms with Crippen molar-refractivity contribution in [3.8, 4) is 0 Å². The number of nitrogens with two attached hydrogens (primary N) is 1. The van der Waals surface area contributed by atoms with Crippen molar-refractivity contribution in [1.82, 2.24) is 20.1 Å². The molecule has 4 N–H and O–H groups in total. The number of halogens is 2. The van der Waals surface area contributed by atoms with Crippen molar-refractivity contribution in [2.75, 3.05) is 10.6 Å². The fourth-order valence-corrected chi connectivity index (χ4v) is 3.66. The highest BCUT2D eigenvalue weighted by Gasteiger charge is 2.16. The molecule has 0 atom stereocenters. The number of nitrogens with zero attached hydrogens (tertiary/aromatic N) is 4. The number of anilines is 3. The first-order valence-electron chi connectivity index (χ1n) is 9.93. The molecule has 4 rings (SSSR count). The van der Waals surface area contributed by atoms with E-state index in [0.29, 0.717) is 30.3 Å². The maximum Gasteiger partial charge on any atom is 0.241 e. The second kappa shape index (κ2) is 9.49. The van der Waals surface area contributed by atoms with Gasteiger partial charge in [-0.2, -0.15) is 9.97 Å². The van der Waals surface area contributed by atoms with Crippen molar-refractivity contribution in [1.29, 1.82) is 0 Å². The minimum absolute atomic E-state index is 0.0355. The summed E-state index contributed by atoms with van der Waals surface area (Å²) in [4.78, 5) is 11.4. The second-order valence-corrected chi connectivity index (χ2v) is 8.78. The molecule has 2 heterocycles. The van der Waals surface area contributed by atoms with Crippen LogP contribution in [0.2, 0.25) is 0 Å². The van der Waals surface area contributed by atoms with Gasteiger partial charge < -0.3 is 15.2 Å². The SMILES string of the molecule is Cc1noc(CC=C2C=CC(Nc3nc(Nc4ccc(F)c(S(N)(=O)=O)c4)ncc3F)=CC2)n1. The summed E-state index contributed by atoms with van der Waals surface area (Å²) in [7, 11) is -4.27. The maximum absolute atomic E-state index is 14.3. The molecule has 1 aliphatic carbocycles. The minimum Gasteiger partial charge on any atom is -0.339 e. The van der Waals surface area contributed by atoms with E-state index in [-0.39, 0.29) is 17.5 Å². The lowest BCUT2D eigenvalue weighted by molar-refractivity contribution is 0.382. The first-order valence-corrected chi connectivity index (χ1v) is 11.5. The van der Waals surface area contributed by atoms with E-state index in [1.54, 1.807) is 13.0 Å². The number of benzene rings is 1.